The van der Waals surface area contributed by atoms with Crippen molar-refractivity contribution in [2.75, 3.05) is 0 Å². The van der Waals surface area contributed by atoms with Gasteiger partial charge < -0.3 is 15.8 Å². The van der Waals surface area contributed by atoms with E-state index in [4.69, 9.17) is 10.5 Å². The molecule has 0 aromatic carbocycles. The number of nitrogens with two attached hydrogens (primary N) is 1. The summed E-state index contributed by atoms with van der Waals surface area (Å²) in [5.74, 6) is -0.362. The maximum absolute atomic E-state index is 12.4. The lowest BCUT2D eigenvalue weighted by Gasteiger charge is -2.52. The lowest BCUT2D eigenvalue weighted by Crippen LogP contribution is -2.68. The highest BCUT2D eigenvalue weighted by Gasteiger charge is 2.63. The molecule has 2 aliphatic rings. The molecule has 3 N–H and O–H groups in total. The van der Waals surface area contributed by atoms with E-state index >= 15 is 0 Å². The number of nitrogens with one attached hydrogen (secondary N) is 1. The summed E-state index contributed by atoms with van der Waals surface area (Å²) in [5, 5.41) is 3.51. The second kappa shape index (κ2) is 3.95. The number of piperidine rings is 1. The number of ether oxygens (including phenoxy) is 1. The first-order chi connectivity index (χ1) is 8.80. The third-order valence-corrected chi connectivity index (χ3v) is 3.90. The van der Waals surface area contributed by atoms with Crippen molar-refractivity contribution in [3.05, 3.63) is 0 Å². The normalized spacial score (nSPS) is 29.7. The molecule has 0 unspecified atom stereocenters. The Hall–Kier alpha value is -1.14. The van der Waals surface area contributed by atoms with Gasteiger partial charge in [0.25, 0.3) is 5.91 Å². The first-order valence-corrected chi connectivity index (χ1v) is 6.94. The second-order valence-corrected chi connectivity index (χ2v) is 7.78. The minimum Gasteiger partial charge on any atom is -0.351 e. The average Bonchev–Trinajstić information content (AvgIpc) is 2.25. The number of hydrogen-bond donors (Lipinski definition) is 2. The molecular formula is C14H25N3O3. The average molecular weight is 283 g/mol. The molecule has 6 heteroatoms. The number of carbonyl (C=O) groups excluding carboxylic acids is 2. The maximum Gasteiger partial charge on any atom is 0.323 e. The Morgan fingerprint density at radius 2 is 1.60 bits per heavy atom. The summed E-state index contributed by atoms with van der Waals surface area (Å²) in [6, 6.07) is -0.742. The Balaban J connectivity index is 2.51. The summed E-state index contributed by atoms with van der Waals surface area (Å²) in [6.07, 6.45) is 1.03. The lowest BCUT2D eigenvalue weighted by molar-refractivity contribution is -0.165. The predicted octanol–water partition coefficient (Wildman–Crippen LogP) is 1.34. The van der Waals surface area contributed by atoms with Gasteiger partial charge in [0, 0.05) is 23.9 Å². The number of rotatable bonds is 0. The number of urea groups is 1. The molecule has 2 aliphatic heterocycles. The van der Waals surface area contributed by atoms with Crippen LogP contribution in [0.1, 0.15) is 54.4 Å². The van der Waals surface area contributed by atoms with Crippen LogP contribution in [0.25, 0.3) is 0 Å². The van der Waals surface area contributed by atoms with Gasteiger partial charge in [-0.2, -0.15) is 0 Å². The summed E-state index contributed by atoms with van der Waals surface area (Å²) < 4.78 is 6.07. The van der Waals surface area contributed by atoms with E-state index in [-0.39, 0.29) is 17.0 Å². The molecule has 0 saturated carbocycles. The number of carbonyl (C=O) groups is 2. The van der Waals surface area contributed by atoms with Crippen LogP contribution in [-0.2, 0) is 9.53 Å². The number of amides is 3. The van der Waals surface area contributed by atoms with Crippen LogP contribution < -0.4 is 11.1 Å². The van der Waals surface area contributed by atoms with Crippen molar-refractivity contribution in [1.29, 1.82) is 0 Å². The summed E-state index contributed by atoms with van der Waals surface area (Å²) in [7, 11) is 0. The standard InChI is InChI=1S/C14H25N3O3/c1-11(2)7-14(8-12(3,4)16-11)17(10(15)19)9(18)13(5,6)20-14/h16H,7-8H2,1-6H3,(H2,15,19). The molecule has 20 heavy (non-hydrogen) atoms. The fraction of sp³-hybridized carbons (Fsp3) is 0.857. The molecule has 2 heterocycles. The fourth-order valence-corrected chi connectivity index (χ4v) is 4.00. The highest BCUT2D eigenvalue weighted by molar-refractivity contribution is 6.00. The van der Waals surface area contributed by atoms with Gasteiger partial charge in [0.2, 0.25) is 0 Å². The van der Waals surface area contributed by atoms with Crippen LogP contribution in [-0.4, -0.2) is 39.2 Å². The van der Waals surface area contributed by atoms with Crippen molar-refractivity contribution in [2.45, 2.75) is 76.8 Å². The van der Waals surface area contributed by atoms with Crippen molar-refractivity contribution in [3.8, 4) is 0 Å². The van der Waals surface area contributed by atoms with Crippen LogP contribution in [0.4, 0.5) is 4.79 Å². The third kappa shape index (κ3) is 2.31. The smallest absolute Gasteiger partial charge is 0.323 e. The molecule has 2 fully saturated rings. The largest absolute Gasteiger partial charge is 0.351 e. The van der Waals surface area contributed by atoms with E-state index in [1.807, 2.05) is 27.7 Å². The van der Waals surface area contributed by atoms with Crippen LogP contribution in [0.5, 0.6) is 0 Å². The zero-order valence-electron chi connectivity index (χ0n) is 13.2. The predicted molar refractivity (Wildman–Crippen MR) is 74.9 cm³/mol. The molecule has 6 nitrogen and oxygen atoms in total. The maximum atomic E-state index is 12.4. The van der Waals surface area contributed by atoms with Crippen LogP contribution in [0.2, 0.25) is 0 Å². The molecule has 1 spiro atoms. The van der Waals surface area contributed by atoms with Gasteiger partial charge in [-0.25, -0.2) is 9.69 Å². The Kier molecular flexibility index (Phi) is 3.01. The highest BCUT2D eigenvalue weighted by Crippen LogP contribution is 2.47. The van der Waals surface area contributed by atoms with E-state index < -0.39 is 17.4 Å². The van der Waals surface area contributed by atoms with E-state index in [9.17, 15) is 9.59 Å². The van der Waals surface area contributed by atoms with Crippen molar-refractivity contribution in [1.82, 2.24) is 10.2 Å². The van der Waals surface area contributed by atoms with Crippen LogP contribution >= 0.6 is 0 Å². The minimum atomic E-state index is -1.03. The molecular weight excluding hydrogens is 258 g/mol. The molecule has 0 aromatic heterocycles. The van der Waals surface area contributed by atoms with E-state index in [2.05, 4.69) is 5.32 Å². The highest BCUT2D eigenvalue weighted by atomic mass is 16.6. The van der Waals surface area contributed by atoms with Gasteiger partial charge in [-0.05, 0) is 41.5 Å². The molecule has 0 aromatic rings. The molecule has 0 radical (unpaired) electrons. The fourth-order valence-electron chi connectivity index (χ4n) is 4.00. The molecule has 0 atom stereocenters. The molecule has 2 rings (SSSR count). The van der Waals surface area contributed by atoms with E-state index in [1.54, 1.807) is 13.8 Å². The van der Waals surface area contributed by atoms with Gasteiger partial charge in [-0.1, -0.05) is 0 Å². The van der Waals surface area contributed by atoms with Crippen molar-refractivity contribution in [2.24, 2.45) is 5.73 Å². The summed E-state index contributed by atoms with van der Waals surface area (Å²) in [6.45, 7) is 11.5. The van der Waals surface area contributed by atoms with Gasteiger partial charge in [0.05, 0.1) is 0 Å². The van der Waals surface area contributed by atoms with Gasteiger partial charge >= 0.3 is 6.03 Å². The van der Waals surface area contributed by atoms with E-state index in [0.29, 0.717) is 12.8 Å². The Bertz CT molecular complexity index is 452. The molecule has 2 saturated heterocycles. The summed E-state index contributed by atoms with van der Waals surface area (Å²) >= 11 is 0. The zero-order chi connectivity index (χ0) is 15.6. The number of hydrogen-bond acceptors (Lipinski definition) is 4. The zero-order valence-corrected chi connectivity index (χ0v) is 13.2. The molecule has 0 bridgehead atoms. The Morgan fingerprint density at radius 3 is 2.00 bits per heavy atom. The quantitative estimate of drug-likeness (QED) is 0.702. The molecule has 3 amide bonds. The minimum absolute atomic E-state index is 0.268. The number of primary amides is 1. The molecule has 114 valence electrons. The van der Waals surface area contributed by atoms with Crippen LogP contribution in [0, 0.1) is 0 Å². The molecule has 0 aliphatic carbocycles. The van der Waals surface area contributed by atoms with Crippen LogP contribution in [0.15, 0.2) is 0 Å². The van der Waals surface area contributed by atoms with Gasteiger partial charge in [-0.3, -0.25) is 4.79 Å². The first kappa shape index (κ1) is 15.3. The van der Waals surface area contributed by atoms with Gasteiger partial charge in [0.15, 0.2) is 5.72 Å². The van der Waals surface area contributed by atoms with Crippen molar-refractivity contribution >= 4 is 11.9 Å². The Morgan fingerprint density at radius 1 is 1.15 bits per heavy atom. The van der Waals surface area contributed by atoms with E-state index in [1.165, 1.54) is 0 Å². The summed E-state index contributed by atoms with van der Waals surface area (Å²) in [4.78, 5) is 25.4. The number of imide groups is 1. The van der Waals surface area contributed by atoms with Gasteiger partial charge in [0.1, 0.15) is 5.60 Å². The van der Waals surface area contributed by atoms with Crippen molar-refractivity contribution < 1.29 is 14.3 Å². The monoisotopic (exact) mass is 283 g/mol. The van der Waals surface area contributed by atoms with E-state index in [0.717, 1.165) is 4.90 Å². The summed E-state index contributed by atoms with van der Waals surface area (Å²) in [5.41, 5.74) is 2.93. The first-order valence-electron chi connectivity index (χ1n) is 6.94. The second-order valence-electron chi connectivity index (χ2n) is 7.78. The third-order valence-electron chi connectivity index (χ3n) is 3.90. The number of nitrogens with zero attached hydrogens (tertiary/aromatic N) is 1. The Labute approximate surface area is 120 Å². The van der Waals surface area contributed by atoms with Gasteiger partial charge in [-0.15, -0.1) is 0 Å². The van der Waals surface area contributed by atoms with Crippen molar-refractivity contribution in [3.63, 3.8) is 0 Å². The lowest BCUT2D eigenvalue weighted by atomic mass is 9.76. The van der Waals surface area contributed by atoms with Crippen LogP contribution in [0.3, 0.4) is 0 Å². The topological polar surface area (TPSA) is 84.7 Å². The SMILES string of the molecule is CC1(C)CC2(CC(C)(C)N1)OC(C)(C)C(=O)N2C(N)=O.